The highest BCUT2D eigenvalue weighted by Gasteiger charge is 2.11. The first-order chi connectivity index (χ1) is 10.5. The van der Waals surface area contributed by atoms with E-state index in [1.165, 1.54) is 19.3 Å². The Balaban J connectivity index is 0. The Labute approximate surface area is 146 Å². The molecule has 0 fully saturated rings. The Bertz CT molecular complexity index is 312. The molecule has 6 nitrogen and oxygen atoms in total. The lowest BCUT2D eigenvalue weighted by atomic mass is 10.1. The second-order valence-corrected chi connectivity index (χ2v) is 5.56. The summed E-state index contributed by atoms with van der Waals surface area (Å²) in [6.07, 6.45) is 6.51. The maximum Gasteiger partial charge on any atom is 0.305 e. The fourth-order valence-electron chi connectivity index (χ4n) is 2.31. The number of carbonyl (C=O) groups is 2. The molecule has 0 unspecified atom stereocenters. The smallest absolute Gasteiger partial charge is 0.305 e. The zero-order valence-electron chi connectivity index (χ0n) is 14.5. The lowest BCUT2D eigenvalue weighted by molar-refractivity contribution is -0.167. The van der Waals surface area contributed by atoms with Crippen LogP contribution in [0.3, 0.4) is 0 Å². The first-order valence-electron chi connectivity index (χ1n) is 8.44. The maximum absolute atomic E-state index is 11.5. The SMILES string of the molecule is CCN(CC)CCCCCCCCC(=O)N(O)CCC(=O)O.Cl. The lowest BCUT2D eigenvalue weighted by Crippen LogP contribution is -2.29. The number of nitrogens with zero attached hydrogens (tertiary/aromatic N) is 2. The minimum atomic E-state index is -1.02. The number of hydrogen-bond acceptors (Lipinski definition) is 4. The zero-order valence-corrected chi connectivity index (χ0v) is 15.3. The van der Waals surface area contributed by atoms with Crippen LogP contribution in [0, 0.1) is 0 Å². The Hall–Kier alpha value is -0.850. The Morgan fingerprint density at radius 1 is 0.826 bits per heavy atom. The largest absolute Gasteiger partial charge is 0.481 e. The van der Waals surface area contributed by atoms with Gasteiger partial charge in [-0.15, -0.1) is 12.4 Å². The van der Waals surface area contributed by atoms with Crippen LogP contribution in [-0.4, -0.2) is 58.3 Å². The van der Waals surface area contributed by atoms with Crippen molar-refractivity contribution >= 4 is 24.3 Å². The van der Waals surface area contributed by atoms with Crippen LogP contribution >= 0.6 is 12.4 Å². The van der Waals surface area contributed by atoms with Gasteiger partial charge in [0.1, 0.15) is 0 Å². The van der Waals surface area contributed by atoms with Crippen molar-refractivity contribution in [1.82, 2.24) is 9.96 Å². The molecule has 23 heavy (non-hydrogen) atoms. The van der Waals surface area contributed by atoms with Crippen molar-refractivity contribution < 1.29 is 19.9 Å². The molecule has 0 atom stereocenters. The van der Waals surface area contributed by atoms with E-state index < -0.39 is 5.97 Å². The summed E-state index contributed by atoms with van der Waals surface area (Å²) in [6, 6.07) is 0. The number of aliphatic carboxylic acids is 1. The van der Waals surface area contributed by atoms with Crippen LogP contribution < -0.4 is 0 Å². The maximum atomic E-state index is 11.5. The predicted octanol–water partition coefficient (Wildman–Crippen LogP) is 3.17. The molecule has 0 aromatic rings. The number of rotatable bonds is 14. The minimum absolute atomic E-state index is 0. The van der Waals surface area contributed by atoms with Crippen molar-refractivity contribution in [1.29, 1.82) is 0 Å². The van der Waals surface area contributed by atoms with Crippen LogP contribution in [-0.2, 0) is 9.59 Å². The van der Waals surface area contributed by atoms with Crippen molar-refractivity contribution in [2.75, 3.05) is 26.2 Å². The highest BCUT2D eigenvalue weighted by molar-refractivity contribution is 5.85. The summed E-state index contributed by atoms with van der Waals surface area (Å²) in [6.45, 7) is 7.60. The summed E-state index contributed by atoms with van der Waals surface area (Å²) in [5.41, 5.74) is 0. The van der Waals surface area contributed by atoms with Crippen LogP contribution in [0.15, 0.2) is 0 Å². The molecule has 2 N–H and O–H groups in total. The van der Waals surface area contributed by atoms with E-state index in [-0.39, 0.29) is 37.7 Å². The summed E-state index contributed by atoms with van der Waals surface area (Å²) in [4.78, 5) is 24.3. The van der Waals surface area contributed by atoms with E-state index in [9.17, 15) is 14.8 Å². The molecule has 0 aliphatic heterocycles. The van der Waals surface area contributed by atoms with E-state index in [2.05, 4.69) is 18.7 Å². The third kappa shape index (κ3) is 14.5. The molecule has 1 amide bonds. The standard InChI is InChI=1S/C16H32N2O4.ClH/c1-3-17(4-2)13-10-8-6-5-7-9-11-15(19)18(22)14-12-16(20)21;/h22H,3-14H2,1-2H3,(H,20,21);1H. The van der Waals surface area contributed by atoms with Crippen molar-refractivity contribution in [3.8, 4) is 0 Å². The number of unbranched alkanes of at least 4 members (excludes halogenated alkanes) is 5. The van der Waals surface area contributed by atoms with Crippen LogP contribution in [0.25, 0.3) is 0 Å². The number of hydrogen-bond donors (Lipinski definition) is 2. The first kappa shape index (κ1) is 24.4. The zero-order chi connectivity index (χ0) is 16.8. The fraction of sp³-hybridized carbons (Fsp3) is 0.875. The third-order valence-corrected chi connectivity index (χ3v) is 3.83. The quantitative estimate of drug-likeness (QED) is 0.285. The molecule has 0 heterocycles. The molecule has 0 aromatic carbocycles. The highest BCUT2D eigenvalue weighted by atomic mass is 35.5. The molecule has 0 aliphatic rings. The number of carboxylic acids is 1. The van der Waals surface area contributed by atoms with Gasteiger partial charge in [-0.3, -0.25) is 14.8 Å². The molecule has 0 spiro atoms. The summed E-state index contributed by atoms with van der Waals surface area (Å²) in [7, 11) is 0. The topological polar surface area (TPSA) is 81.1 Å². The molecule has 0 aromatic heterocycles. The highest BCUT2D eigenvalue weighted by Crippen LogP contribution is 2.09. The van der Waals surface area contributed by atoms with Crippen LogP contribution in [0.5, 0.6) is 0 Å². The number of carbonyl (C=O) groups excluding carboxylic acids is 1. The molecule has 0 saturated heterocycles. The first-order valence-corrected chi connectivity index (χ1v) is 8.44. The molecule has 7 heteroatoms. The van der Waals surface area contributed by atoms with Gasteiger partial charge in [0.05, 0.1) is 13.0 Å². The number of amides is 1. The van der Waals surface area contributed by atoms with Crippen molar-refractivity contribution in [2.45, 2.75) is 65.2 Å². The molecular formula is C16H33ClN2O4. The number of carboxylic acid groups (broad SMARTS) is 1. The van der Waals surface area contributed by atoms with Crippen molar-refractivity contribution in [2.24, 2.45) is 0 Å². The Morgan fingerprint density at radius 2 is 1.35 bits per heavy atom. The van der Waals surface area contributed by atoms with Gasteiger partial charge in [-0.2, -0.15) is 0 Å². The van der Waals surface area contributed by atoms with Crippen LogP contribution in [0.2, 0.25) is 0 Å². The van der Waals surface area contributed by atoms with Gasteiger partial charge in [0.25, 0.3) is 0 Å². The predicted molar refractivity (Wildman–Crippen MR) is 93.1 cm³/mol. The summed E-state index contributed by atoms with van der Waals surface area (Å²) in [5, 5.41) is 18.4. The average Bonchev–Trinajstić information content (AvgIpc) is 2.50. The monoisotopic (exact) mass is 352 g/mol. The normalized spacial score (nSPS) is 10.4. The van der Waals surface area contributed by atoms with Crippen LogP contribution in [0.4, 0.5) is 0 Å². The van der Waals surface area contributed by atoms with Gasteiger partial charge < -0.3 is 10.0 Å². The summed E-state index contributed by atoms with van der Waals surface area (Å²) < 4.78 is 0. The van der Waals surface area contributed by atoms with Crippen molar-refractivity contribution in [3.05, 3.63) is 0 Å². The van der Waals surface area contributed by atoms with E-state index in [4.69, 9.17) is 5.11 Å². The number of halogens is 1. The van der Waals surface area contributed by atoms with Crippen LogP contribution in [0.1, 0.15) is 65.2 Å². The summed E-state index contributed by atoms with van der Waals surface area (Å²) >= 11 is 0. The molecule has 0 rings (SSSR count). The van der Waals surface area contributed by atoms with Gasteiger partial charge in [-0.05, 0) is 32.5 Å². The Morgan fingerprint density at radius 3 is 1.87 bits per heavy atom. The van der Waals surface area contributed by atoms with Crippen molar-refractivity contribution in [3.63, 3.8) is 0 Å². The Kier molecular flexibility index (Phi) is 17.0. The molecule has 0 aliphatic carbocycles. The fourth-order valence-corrected chi connectivity index (χ4v) is 2.31. The molecular weight excluding hydrogens is 320 g/mol. The molecule has 0 radical (unpaired) electrons. The minimum Gasteiger partial charge on any atom is -0.481 e. The molecule has 0 saturated carbocycles. The summed E-state index contributed by atoms with van der Waals surface area (Å²) in [5.74, 6) is -1.40. The lowest BCUT2D eigenvalue weighted by Gasteiger charge is -2.17. The van der Waals surface area contributed by atoms with Gasteiger partial charge in [0.2, 0.25) is 5.91 Å². The van der Waals surface area contributed by atoms with E-state index in [0.29, 0.717) is 5.06 Å². The average molecular weight is 353 g/mol. The third-order valence-electron chi connectivity index (χ3n) is 3.83. The van der Waals surface area contributed by atoms with Gasteiger partial charge in [-0.1, -0.05) is 39.5 Å². The van der Waals surface area contributed by atoms with Gasteiger partial charge in [0, 0.05) is 6.42 Å². The molecule has 138 valence electrons. The number of hydroxylamine groups is 2. The van der Waals surface area contributed by atoms with E-state index in [1.807, 2.05) is 0 Å². The second kappa shape index (κ2) is 16.0. The molecule has 0 bridgehead atoms. The van der Waals surface area contributed by atoms with Gasteiger partial charge in [0.15, 0.2) is 0 Å². The van der Waals surface area contributed by atoms with E-state index >= 15 is 0 Å². The second-order valence-electron chi connectivity index (χ2n) is 5.56. The van der Waals surface area contributed by atoms with Gasteiger partial charge >= 0.3 is 5.97 Å². The van der Waals surface area contributed by atoms with E-state index in [0.717, 1.165) is 38.9 Å². The van der Waals surface area contributed by atoms with E-state index in [1.54, 1.807) is 0 Å². The van der Waals surface area contributed by atoms with Gasteiger partial charge in [-0.25, -0.2) is 5.06 Å².